The van der Waals surface area contributed by atoms with E-state index in [2.05, 4.69) is 5.32 Å². The molecule has 0 aliphatic carbocycles. The molecule has 0 saturated carbocycles. The molecule has 0 bridgehead atoms. The lowest BCUT2D eigenvalue weighted by Crippen LogP contribution is -2.43. The molecule has 3 rings (SSSR count). The predicted octanol–water partition coefficient (Wildman–Crippen LogP) is 2.47. The van der Waals surface area contributed by atoms with E-state index in [1.54, 1.807) is 43.3 Å². The lowest BCUT2D eigenvalue weighted by Gasteiger charge is -2.16. The zero-order valence-electron chi connectivity index (χ0n) is 17.4. The number of carbonyl (C=O) groups is 2. The maximum atomic E-state index is 12.6. The third-order valence-corrected chi connectivity index (χ3v) is 5.05. The van der Waals surface area contributed by atoms with Crippen molar-refractivity contribution >= 4 is 22.8 Å². The minimum absolute atomic E-state index is 0.129. The lowest BCUT2D eigenvalue weighted by atomic mass is 10.0. The van der Waals surface area contributed by atoms with Gasteiger partial charge < -0.3 is 24.3 Å². The summed E-state index contributed by atoms with van der Waals surface area (Å²) < 4.78 is 16.0. The van der Waals surface area contributed by atoms with Crippen LogP contribution in [0.1, 0.15) is 16.7 Å². The van der Waals surface area contributed by atoms with Gasteiger partial charge in [-0.3, -0.25) is 4.79 Å². The fourth-order valence-electron chi connectivity index (χ4n) is 3.43. The zero-order valence-corrected chi connectivity index (χ0v) is 17.4. The maximum absolute atomic E-state index is 12.6. The van der Waals surface area contributed by atoms with Crippen LogP contribution in [0.2, 0.25) is 0 Å². The van der Waals surface area contributed by atoms with Crippen LogP contribution in [-0.2, 0) is 22.4 Å². The Morgan fingerprint density at radius 2 is 1.81 bits per heavy atom. The number of carbonyl (C=O) groups excluding carboxylic acids is 1. The average Bonchev–Trinajstić information content (AvgIpc) is 2.76. The highest BCUT2D eigenvalue weighted by Crippen LogP contribution is 2.36. The van der Waals surface area contributed by atoms with Crippen molar-refractivity contribution in [2.45, 2.75) is 25.8 Å². The van der Waals surface area contributed by atoms with Crippen LogP contribution in [0, 0.1) is 6.92 Å². The molecule has 1 aromatic heterocycles. The number of aliphatic carboxylic acids is 1. The number of ether oxygens (including phenoxy) is 2. The molecule has 2 aromatic carbocycles. The van der Waals surface area contributed by atoms with Crippen molar-refractivity contribution in [2.75, 3.05) is 14.2 Å². The molecule has 0 radical (unpaired) electrons. The van der Waals surface area contributed by atoms with Crippen molar-refractivity contribution in [2.24, 2.45) is 0 Å². The van der Waals surface area contributed by atoms with E-state index in [-0.39, 0.29) is 29.7 Å². The second-order valence-electron chi connectivity index (χ2n) is 7.00. The molecule has 8 nitrogen and oxygen atoms in total. The van der Waals surface area contributed by atoms with E-state index in [1.165, 1.54) is 14.2 Å². The Kier molecular flexibility index (Phi) is 6.59. The molecule has 3 aromatic rings. The minimum atomic E-state index is -1.16. The summed E-state index contributed by atoms with van der Waals surface area (Å²) in [6.45, 7) is 1.70. The van der Waals surface area contributed by atoms with Gasteiger partial charge in [0, 0.05) is 11.8 Å². The third-order valence-electron chi connectivity index (χ3n) is 5.05. The maximum Gasteiger partial charge on any atom is 0.340 e. The molecule has 1 atom stereocenters. The van der Waals surface area contributed by atoms with Crippen LogP contribution < -0.4 is 20.4 Å². The Hall–Kier alpha value is -3.81. The Labute approximate surface area is 178 Å². The van der Waals surface area contributed by atoms with Gasteiger partial charge in [0.2, 0.25) is 11.7 Å². The van der Waals surface area contributed by atoms with Gasteiger partial charge in [-0.1, -0.05) is 30.3 Å². The fourth-order valence-corrected chi connectivity index (χ4v) is 3.43. The topological polar surface area (TPSA) is 115 Å². The van der Waals surface area contributed by atoms with Gasteiger partial charge in [-0.25, -0.2) is 9.59 Å². The van der Waals surface area contributed by atoms with E-state index in [1.807, 2.05) is 6.07 Å². The number of nitrogens with one attached hydrogen (secondary N) is 1. The van der Waals surface area contributed by atoms with Crippen LogP contribution in [0.4, 0.5) is 0 Å². The number of hydrogen-bond acceptors (Lipinski definition) is 6. The van der Waals surface area contributed by atoms with Crippen LogP contribution >= 0.6 is 0 Å². The Morgan fingerprint density at radius 3 is 2.42 bits per heavy atom. The van der Waals surface area contributed by atoms with Gasteiger partial charge in [0.05, 0.1) is 26.2 Å². The summed E-state index contributed by atoms with van der Waals surface area (Å²) >= 11 is 0. The highest BCUT2D eigenvalue weighted by Gasteiger charge is 2.23. The van der Waals surface area contributed by atoms with Gasteiger partial charge in [-0.2, -0.15) is 0 Å². The molecule has 0 saturated heterocycles. The van der Waals surface area contributed by atoms with E-state index >= 15 is 0 Å². The molecule has 1 amide bonds. The predicted molar refractivity (Wildman–Crippen MR) is 114 cm³/mol. The number of rotatable bonds is 8. The van der Waals surface area contributed by atoms with Gasteiger partial charge in [0.25, 0.3) is 0 Å². The van der Waals surface area contributed by atoms with Gasteiger partial charge >= 0.3 is 11.6 Å². The molecular weight excluding hydrogens is 402 g/mol. The van der Waals surface area contributed by atoms with E-state index in [4.69, 9.17) is 13.9 Å². The van der Waals surface area contributed by atoms with E-state index in [0.717, 1.165) is 5.56 Å². The number of carboxylic acids is 1. The molecule has 31 heavy (non-hydrogen) atoms. The molecule has 0 aliphatic heterocycles. The van der Waals surface area contributed by atoms with Gasteiger partial charge in [-0.05, 0) is 30.2 Å². The van der Waals surface area contributed by atoms with Crippen molar-refractivity contribution in [3.05, 3.63) is 69.6 Å². The second kappa shape index (κ2) is 9.34. The summed E-state index contributed by atoms with van der Waals surface area (Å²) in [4.78, 5) is 36.8. The Morgan fingerprint density at radius 1 is 1.10 bits per heavy atom. The summed E-state index contributed by atoms with van der Waals surface area (Å²) in [6, 6.07) is 11.3. The fraction of sp³-hybridized carbons (Fsp3) is 0.261. The van der Waals surface area contributed by atoms with E-state index < -0.39 is 23.5 Å². The SMILES string of the molecule is COc1ccc2c(C)c(CC(=O)NC(Cc3ccccc3)C(=O)O)c(=O)oc2c1OC. The minimum Gasteiger partial charge on any atom is -0.493 e. The molecule has 0 spiro atoms. The Bertz CT molecular complexity index is 1170. The van der Waals surface area contributed by atoms with Crippen molar-refractivity contribution in [1.29, 1.82) is 0 Å². The summed E-state index contributed by atoms with van der Waals surface area (Å²) in [7, 11) is 2.91. The standard InChI is InChI=1S/C23H23NO7/c1-13-15-9-10-18(29-2)21(30-3)20(15)31-23(28)16(13)12-19(25)24-17(22(26)27)11-14-7-5-4-6-8-14/h4-10,17H,11-12H2,1-3H3,(H,24,25)(H,26,27). The van der Waals surface area contributed by atoms with Crippen LogP contribution in [0.3, 0.4) is 0 Å². The highest BCUT2D eigenvalue weighted by molar-refractivity contribution is 5.90. The number of carboxylic acid groups (broad SMARTS) is 1. The highest BCUT2D eigenvalue weighted by atomic mass is 16.5. The zero-order chi connectivity index (χ0) is 22.5. The molecule has 8 heteroatoms. The van der Waals surface area contributed by atoms with Crippen LogP contribution in [-0.4, -0.2) is 37.2 Å². The number of methoxy groups -OCH3 is 2. The smallest absolute Gasteiger partial charge is 0.340 e. The largest absolute Gasteiger partial charge is 0.493 e. The van der Waals surface area contributed by atoms with Crippen LogP contribution in [0.5, 0.6) is 11.5 Å². The van der Waals surface area contributed by atoms with Crippen molar-refractivity contribution in [1.82, 2.24) is 5.32 Å². The molecular formula is C23H23NO7. The van der Waals surface area contributed by atoms with Crippen molar-refractivity contribution in [3.63, 3.8) is 0 Å². The first kappa shape index (κ1) is 21.9. The number of amides is 1. The Balaban J connectivity index is 1.87. The monoisotopic (exact) mass is 425 g/mol. The summed E-state index contributed by atoms with van der Waals surface area (Å²) in [6.07, 6.45) is -0.179. The molecule has 162 valence electrons. The molecule has 0 aliphatic rings. The van der Waals surface area contributed by atoms with Gasteiger partial charge in [0.1, 0.15) is 6.04 Å². The van der Waals surface area contributed by atoms with Gasteiger partial charge in [0.15, 0.2) is 11.3 Å². The number of aryl methyl sites for hydroxylation is 1. The number of fused-ring (bicyclic) bond motifs is 1. The summed E-state index contributed by atoms with van der Waals surface area (Å²) in [5, 5.41) is 12.6. The average molecular weight is 425 g/mol. The van der Waals surface area contributed by atoms with Gasteiger partial charge in [-0.15, -0.1) is 0 Å². The second-order valence-corrected chi connectivity index (χ2v) is 7.00. The molecule has 0 fully saturated rings. The quantitative estimate of drug-likeness (QED) is 0.533. The van der Waals surface area contributed by atoms with Crippen molar-refractivity contribution in [3.8, 4) is 11.5 Å². The first-order valence-electron chi connectivity index (χ1n) is 9.59. The normalized spacial score (nSPS) is 11.7. The van der Waals surface area contributed by atoms with E-state index in [9.17, 15) is 19.5 Å². The molecule has 1 heterocycles. The molecule has 2 N–H and O–H groups in total. The summed E-state index contributed by atoms with van der Waals surface area (Å²) in [5.41, 5.74) is 1.01. The summed E-state index contributed by atoms with van der Waals surface area (Å²) in [5.74, 6) is -1.05. The third kappa shape index (κ3) is 4.69. The number of hydrogen-bond donors (Lipinski definition) is 2. The van der Waals surface area contributed by atoms with Crippen LogP contribution in [0.25, 0.3) is 11.0 Å². The molecule has 1 unspecified atom stereocenters. The van der Waals surface area contributed by atoms with E-state index in [0.29, 0.717) is 16.7 Å². The first-order chi connectivity index (χ1) is 14.8. The number of benzene rings is 2. The lowest BCUT2D eigenvalue weighted by molar-refractivity contribution is -0.141. The van der Waals surface area contributed by atoms with Crippen molar-refractivity contribution < 1.29 is 28.6 Å². The van der Waals surface area contributed by atoms with Crippen LogP contribution in [0.15, 0.2) is 51.7 Å². The first-order valence-corrected chi connectivity index (χ1v) is 9.59.